The van der Waals surface area contributed by atoms with Gasteiger partial charge in [-0.05, 0) is 12.5 Å². The van der Waals surface area contributed by atoms with Crippen molar-refractivity contribution >= 4 is 52.1 Å². The Hall–Kier alpha value is -1.84. The van der Waals surface area contributed by atoms with Crippen LogP contribution in [0.5, 0.6) is 5.75 Å². The highest BCUT2D eigenvalue weighted by atomic mass is 35.6. The van der Waals surface area contributed by atoms with Gasteiger partial charge in [-0.15, -0.1) is 0 Å². The van der Waals surface area contributed by atoms with E-state index in [9.17, 15) is 25.0 Å². The van der Waals surface area contributed by atoms with E-state index >= 15 is 0 Å². The third-order valence-electron chi connectivity index (χ3n) is 3.19. The van der Waals surface area contributed by atoms with Gasteiger partial charge in [0.1, 0.15) is 0 Å². The molecule has 0 saturated carbocycles. The summed E-state index contributed by atoms with van der Waals surface area (Å²) in [6.45, 7) is 1.97. The van der Waals surface area contributed by atoms with Crippen molar-refractivity contribution in [1.82, 2.24) is 5.32 Å². The van der Waals surface area contributed by atoms with Crippen LogP contribution in [0.4, 0.5) is 11.4 Å². The maximum atomic E-state index is 11.9. The third kappa shape index (κ3) is 6.81. The van der Waals surface area contributed by atoms with Crippen LogP contribution in [0.25, 0.3) is 0 Å². The normalized spacial score (nSPS) is 12.3. The number of non-ortho nitro benzene ring substituents is 1. The molecule has 0 aromatic heterocycles. The lowest BCUT2D eigenvalue weighted by Crippen LogP contribution is -2.47. The summed E-state index contributed by atoms with van der Waals surface area (Å²) in [7, 11) is 0. The zero-order chi connectivity index (χ0) is 19.9. The summed E-state index contributed by atoms with van der Waals surface area (Å²) in [5, 5.41) is 24.3. The van der Waals surface area contributed by atoms with Gasteiger partial charge in [0.25, 0.3) is 5.69 Å². The molecular weight excluding hydrogens is 413 g/mol. The van der Waals surface area contributed by atoms with Gasteiger partial charge in [-0.1, -0.05) is 54.6 Å². The van der Waals surface area contributed by atoms with E-state index in [1.807, 2.05) is 6.92 Å². The van der Waals surface area contributed by atoms with Crippen LogP contribution in [0.1, 0.15) is 32.6 Å². The fourth-order valence-corrected chi connectivity index (χ4v) is 2.22. The van der Waals surface area contributed by atoms with Crippen LogP contribution in [0.3, 0.4) is 0 Å². The minimum Gasteiger partial charge on any atom is -0.459 e. The van der Waals surface area contributed by atoms with E-state index in [-0.39, 0.29) is 12.2 Å². The molecule has 1 amide bonds. The first-order valence-electron chi connectivity index (χ1n) is 7.51. The summed E-state index contributed by atoms with van der Waals surface area (Å²) >= 11 is 17.3. The van der Waals surface area contributed by atoms with Crippen LogP contribution >= 0.6 is 34.8 Å². The van der Waals surface area contributed by atoms with Crippen LogP contribution in [0, 0.1) is 20.2 Å². The van der Waals surface area contributed by atoms with Crippen molar-refractivity contribution in [3.63, 3.8) is 0 Å². The van der Waals surface area contributed by atoms with Gasteiger partial charge < -0.3 is 10.1 Å². The van der Waals surface area contributed by atoms with Crippen molar-refractivity contribution in [2.45, 2.75) is 42.6 Å². The number of nitrogens with zero attached hydrogens (tertiary/aromatic N) is 2. The predicted octanol–water partition coefficient (Wildman–Crippen LogP) is 4.27. The van der Waals surface area contributed by atoms with Crippen molar-refractivity contribution in [1.29, 1.82) is 0 Å². The van der Waals surface area contributed by atoms with E-state index in [0.29, 0.717) is 12.5 Å². The average Bonchev–Trinajstić information content (AvgIpc) is 2.53. The number of unbranched alkanes of at least 4 members (excludes halogenated alkanes) is 2. The van der Waals surface area contributed by atoms with Crippen LogP contribution in [0.15, 0.2) is 18.2 Å². The van der Waals surface area contributed by atoms with Crippen molar-refractivity contribution in [2.24, 2.45) is 0 Å². The molecule has 0 spiro atoms. The summed E-state index contributed by atoms with van der Waals surface area (Å²) in [6, 6.07) is 2.72. The monoisotopic (exact) mass is 427 g/mol. The summed E-state index contributed by atoms with van der Waals surface area (Å²) in [5.74, 6) is -0.842. The van der Waals surface area contributed by atoms with Crippen LogP contribution < -0.4 is 10.1 Å². The molecule has 12 heteroatoms. The summed E-state index contributed by atoms with van der Waals surface area (Å²) in [6.07, 6.45) is 0.998. The number of ether oxygens (including phenoxy) is 1. The molecule has 26 heavy (non-hydrogen) atoms. The molecule has 0 bridgehead atoms. The van der Waals surface area contributed by atoms with Gasteiger partial charge in [0, 0.05) is 12.5 Å². The Kier molecular flexibility index (Phi) is 8.32. The molecule has 9 nitrogen and oxygen atoms in total. The van der Waals surface area contributed by atoms with E-state index < -0.39 is 37.1 Å². The Morgan fingerprint density at radius 3 is 2.38 bits per heavy atom. The molecule has 1 atom stereocenters. The molecule has 0 aliphatic carbocycles. The van der Waals surface area contributed by atoms with E-state index in [0.717, 1.165) is 25.0 Å². The first-order valence-corrected chi connectivity index (χ1v) is 8.65. The first-order chi connectivity index (χ1) is 12.1. The Balaban J connectivity index is 3.03. The van der Waals surface area contributed by atoms with Gasteiger partial charge in [-0.2, -0.15) is 0 Å². The number of carbonyl (C=O) groups is 1. The number of nitro groups is 2. The zero-order valence-corrected chi connectivity index (χ0v) is 15.9. The topological polar surface area (TPSA) is 125 Å². The highest BCUT2D eigenvalue weighted by Gasteiger charge is 2.37. The van der Waals surface area contributed by atoms with Crippen LogP contribution in [-0.4, -0.2) is 25.8 Å². The quantitative estimate of drug-likeness (QED) is 0.206. The fourth-order valence-electron chi connectivity index (χ4n) is 1.92. The van der Waals surface area contributed by atoms with Gasteiger partial charge in [0.05, 0.1) is 15.9 Å². The largest absolute Gasteiger partial charge is 0.459 e. The van der Waals surface area contributed by atoms with Gasteiger partial charge in [0.2, 0.25) is 15.9 Å². The average molecular weight is 429 g/mol. The van der Waals surface area contributed by atoms with Crippen LogP contribution in [0.2, 0.25) is 0 Å². The smallest absolute Gasteiger partial charge is 0.317 e. The summed E-state index contributed by atoms with van der Waals surface area (Å²) < 4.78 is 3.16. The second-order valence-corrected chi connectivity index (χ2v) is 7.60. The molecule has 1 aromatic rings. The molecule has 1 rings (SSSR count). The van der Waals surface area contributed by atoms with Crippen molar-refractivity contribution in [3.8, 4) is 5.75 Å². The number of halogens is 3. The molecule has 0 unspecified atom stereocenters. The van der Waals surface area contributed by atoms with Crippen molar-refractivity contribution in [3.05, 3.63) is 38.4 Å². The molecule has 0 heterocycles. The number of nitrogens with one attached hydrogen (secondary N) is 1. The van der Waals surface area contributed by atoms with Crippen molar-refractivity contribution in [2.75, 3.05) is 0 Å². The molecule has 0 saturated heterocycles. The van der Waals surface area contributed by atoms with E-state index in [2.05, 4.69) is 5.32 Å². The molecule has 0 radical (unpaired) electrons. The van der Waals surface area contributed by atoms with Crippen LogP contribution in [-0.2, 0) is 4.79 Å². The molecule has 0 aliphatic heterocycles. The van der Waals surface area contributed by atoms with E-state index in [1.165, 1.54) is 0 Å². The summed E-state index contributed by atoms with van der Waals surface area (Å²) in [5.41, 5.74) is -1.20. The van der Waals surface area contributed by atoms with Gasteiger partial charge in [0.15, 0.2) is 5.75 Å². The lowest BCUT2D eigenvalue weighted by atomic mass is 10.2. The fraction of sp³-hybridized carbons (Fsp3) is 0.500. The van der Waals surface area contributed by atoms with Gasteiger partial charge in [-0.3, -0.25) is 25.0 Å². The number of carbonyl (C=O) groups excluding carboxylic acids is 1. The Morgan fingerprint density at radius 1 is 1.23 bits per heavy atom. The predicted molar refractivity (Wildman–Crippen MR) is 96.7 cm³/mol. The Morgan fingerprint density at radius 2 is 1.88 bits per heavy atom. The number of amides is 1. The zero-order valence-electron chi connectivity index (χ0n) is 13.6. The standard InChI is InChI=1S/C14H16Cl3N3O6/c1-2-3-4-5-12(21)18-13(14(15,16)17)26-11-7-6-9(19(22)23)8-10(11)20(24)25/h6-8,13H,2-5H2,1H3,(H,18,21)/t13-/m1/s1. The highest BCUT2D eigenvalue weighted by Crippen LogP contribution is 2.36. The maximum absolute atomic E-state index is 11.9. The number of rotatable bonds is 9. The van der Waals surface area contributed by atoms with Gasteiger partial charge in [-0.25, -0.2) is 0 Å². The summed E-state index contributed by atoms with van der Waals surface area (Å²) in [4.78, 5) is 32.2. The minimum absolute atomic E-state index is 0.163. The molecular formula is C14H16Cl3N3O6. The van der Waals surface area contributed by atoms with Crippen molar-refractivity contribution < 1.29 is 19.4 Å². The Bertz CT molecular complexity index is 680. The SMILES string of the molecule is CCCCCC(=O)N[C@H](Oc1ccc([N+](=O)[O-])cc1[N+](=O)[O-])C(Cl)(Cl)Cl. The number of hydrogen-bond acceptors (Lipinski definition) is 6. The molecule has 0 aliphatic rings. The molecule has 0 fully saturated rings. The third-order valence-corrected chi connectivity index (χ3v) is 3.79. The molecule has 1 N–H and O–H groups in total. The second kappa shape index (κ2) is 9.75. The lowest BCUT2D eigenvalue weighted by molar-refractivity contribution is -0.394. The van der Waals surface area contributed by atoms with Gasteiger partial charge >= 0.3 is 5.69 Å². The molecule has 144 valence electrons. The highest BCUT2D eigenvalue weighted by molar-refractivity contribution is 6.68. The first kappa shape index (κ1) is 22.2. The lowest BCUT2D eigenvalue weighted by Gasteiger charge is -2.26. The second-order valence-electron chi connectivity index (χ2n) is 5.23. The molecule has 1 aromatic carbocycles. The number of benzene rings is 1. The maximum Gasteiger partial charge on any atom is 0.317 e. The van der Waals surface area contributed by atoms with E-state index in [1.54, 1.807) is 0 Å². The number of alkyl halides is 3. The number of nitro benzene ring substituents is 2. The number of hydrogen-bond donors (Lipinski definition) is 1. The minimum atomic E-state index is -2.13. The van der Waals surface area contributed by atoms with E-state index in [4.69, 9.17) is 39.5 Å². The Labute approximate surface area is 163 Å².